The molecule has 22 heavy (non-hydrogen) atoms. The van der Waals surface area contributed by atoms with Gasteiger partial charge in [0.1, 0.15) is 11.4 Å². The summed E-state index contributed by atoms with van der Waals surface area (Å²) < 4.78 is 5.42. The van der Waals surface area contributed by atoms with Crippen molar-refractivity contribution in [1.82, 2.24) is 4.98 Å². The Labute approximate surface area is 130 Å². The van der Waals surface area contributed by atoms with Gasteiger partial charge in [0.15, 0.2) is 0 Å². The van der Waals surface area contributed by atoms with Gasteiger partial charge in [0, 0.05) is 24.7 Å². The van der Waals surface area contributed by atoms with Crippen molar-refractivity contribution < 1.29 is 9.53 Å². The molecule has 1 aromatic carbocycles. The predicted molar refractivity (Wildman–Crippen MR) is 86.9 cm³/mol. The quantitative estimate of drug-likeness (QED) is 0.834. The number of hydrogen-bond donors (Lipinski definition) is 0. The third-order valence-corrected chi connectivity index (χ3v) is 3.90. The molecule has 2 aromatic rings. The number of carbonyl (C=O) groups is 1. The zero-order valence-corrected chi connectivity index (χ0v) is 13.2. The Kier molecular flexibility index (Phi) is 3.61. The number of nitrogens with zero attached hydrogens (tertiary/aromatic N) is 2. The Hall–Kier alpha value is -2.36. The lowest BCUT2D eigenvalue weighted by Gasteiger charge is -2.35. The number of hydrogen-bond acceptors (Lipinski definition) is 3. The lowest BCUT2D eigenvalue weighted by molar-refractivity contribution is 0.0234. The van der Waals surface area contributed by atoms with Gasteiger partial charge in [-0.15, -0.1) is 0 Å². The predicted octanol–water partition coefficient (Wildman–Crippen LogP) is 4.18. The minimum Gasteiger partial charge on any atom is -0.443 e. The fourth-order valence-electron chi connectivity index (χ4n) is 2.56. The molecule has 1 saturated heterocycles. The number of ether oxygens (including phenoxy) is 1. The van der Waals surface area contributed by atoms with Crippen LogP contribution >= 0.6 is 0 Å². The summed E-state index contributed by atoms with van der Waals surface area (Å²) in [5.74, 6) is 0.636. The lowest BCUT2D eigenvalue weighted by Crippen LogP contribution is -2.46. The number of aryl methyl sites for hydroxylation is 1. The maximum Gasteiger partial charge on any atom is 0.416 e. The van der Waals surface area contributed by atoms with Crippen LogP contribution in [0.25, 0.3) is 11.1 Å². The van der Waals surface area contributed by atoms with Gasteiger partial charge in [0.2, 0.25) is 0 Å². The highest BCUT2D eigenvalue weighted by molar-refractivity contribution is 5.87. The van der Waals surface area contributed by atoms with E-state index >= 15 is 0 Å². The summed E-state index contributed by atoms with van der Waals surface area (Å²) in [6.45, 7) is 6.55. The number of carbonyl (C=O) groups excluding carboxylic acids is 1. The van der Waals surface area contributed by atoms with Gasteiger partial charge in [0.05, 0.1) is 0 Å². The molecule has 1 fully saturated rings. The first-order valence-electron chi connectivity index (χ1n) is 7.48. The van der Waals surface area contributed by atoms with Gasteiger partial charge >= 0.3 is 6.09 Å². The second-order valence-corrected chi connectivity index (χ2v) is 6.30. The summed E-state index contributed by atoms with van der Waals surface area (Å²) in [5.41, 5.74) is 2.98. The number of benzene rings is 1. The van der Waals surface area contributed by atoms with Gasteiger partial charge in [-0.3, -0.25) is 4.90 Å². The fourth-order valence-corrected chi connectivity index (χ4v) is 2.56. The van der Waals surface area contributed by atoms with Gasteiger partial charge in [0.25, 0.3) is 0 Å². The normalized spacial score (nSPS) is 17.2. The molecule has 1 amide bonds. The van der Waals surface area contributed by atoms with Crippen molar-refractivity contribution >= 4 is 11.9 Å². The fraction of sp³-hybridized carbons (Fsp3) is 0.333. The molecule has 0 unspecified atom stereocenters. The van der Waals surface area contributed by atoms with E-state index in [9.17, 15) is 4.79 Å². The Morgan fingerprint density at radius 2 is 2.00 bits per heavy atom. The van der Waals surface area contributed by atoms with Crippen LogP contribution in [-0.4, -0.2) is 23.2 Å². The highest BCUT2D eigenvalue weighted by Crippen LogP contribution is 2.27. The first kappa shape index (κ1) is 14.6. The van der Waals surface area contributed by atoms with Crippen molar-refractivity contribution in [3.63, 3.8) is 0 Å². The molecular weight excluding hydrogens is 276 g/mol. The van der Waals surface area contributed by atoms with Crippen molar-refractivity contribution in [3.05, 3.63) is 48.2 Å². The van der Waals surface area contributed by atoms with Crippen LogP contribution in [0.2, 0.25) is 0 Å². The molecule has 114 valence electrons. The molecule has 1 aromatic heterocycles. The van der Waals surface area contributed by atoms with Crippen LogP contribution in [0.3, 0.4) is 0 Å². The number of pyridine rings is 1. The number of amides is 1. The van der Waals surface area contributed by atoms with E-state index in [1.54, 1.807) is 11.1 Å². The average Bonchev–Trinajstić information content (AvgIpc) is 2.47. The monoisotopic (exact) mass is 296 g/mol. The molecule has 0 spiro atoms. The van der Waals surface area contributed by atoms with Crippen LogP contribution < -0.4 is 4.90 Å². The second-order valence-electron chi connectivity index (χ2n) is 6.30. The van der Waals surface area contributed by atoms with Gasteiger partial charge in [-0.05, 0) is 38.5 Å². The summed E-state index contributed by atoms with van der Waals surface area (Å²) in [6, 6.07) is 12.1. The topological polar surface area (TPSA) is 42.4 Å². The first-order chi connectivity index (χ1) is 10.4. The highest BCUT2D eigenvalue weighted by atomic mass is 16.6. The van der Waals surface area contributed by atoms with Crippen LogP contribution in [0.1, 0.15) is 25.8 Å². The molecule has 0 atom stereocenters. The van der Waals surface area contributed by atoms with Crippen LogP contribution in [0, 0.1) is 6.92 Å². The van der Waals surface area contributed by atoms with E-state index < -0.39 is 5.60 Å². The van der Waals surface area contributed by atoms with Gasteiger partial charge in [-0.1, -0.05) is 29.8 Å². The standard InChI is InChI=1S/C18H20N2O2/c1-13-5-4-6-14(11-13)15-7-8-16(19-12-15)20-10-9-18(2,3)22-17(20)21/h4-8,11-12H,9-10H2,1-3H3. The molecular formula is C18H20N2O2. The molecule has 0 radical (unpaired) electrons. The Bertz CT molecular complexity index is 692. The summed E-state index contributed by atoms with van der Waals surface area (Å²) in [7, 11) is 0. The number of cyclic esters (lactones) is 1. The van der Waals surface area contributed by atoms with Crippen molar-refractivity contribution in [2.24, 2.45) is 0 Å². The SMILES string of the molecule is Cc1cccc(-c2ccc(N3CCC(C)(C)OC3=O)nc2)c1. The molecule has 0 saturated carbocycles. The van der Waals surface area contributed by atoms with Crippen molar-refractivity contribution in [1.29, 1.82) is 0 Å². The number of aromatic nitrogens is 1. The van der Waals surface area contributed by atoms with E-state index in [1.807, 2.05) is 32.0 Å². The van der Waals surface area contributed by atoms with E-state index in [0.29, 0.717) is 12.4 Å². The van der Waals surface area contributed by atoms with Crippen LogP contribution in [0.5, 0.6) is 0 Å². The largest absolute Gasteiger partial charge is 0.443 e. The van der Waals surface area contributed by atoms with E-state index in [4.69, 9.17) is 4.74 Å². The summed E-state index contributed by atoms with van der Waals surface area (Å²) in [4.78, 5) is 18.1. The molecule has 0 N–H and O–H groups in total. The third-order valence-electron chi connectivity index (χ3n) is 3.90. The van der Waals surface area contributed by atoms with E-state index in [-0.39, 0.29) is 6.09 Å². The van der Waals surface area contributed by atoms with E-state index in [0.717, 1.165) is 17.5 Å². The van der Waals surface area contributed by atoms with E-state index in [1.165, 1.54) is 5.56 Å². The van der Waals surface area contributed by atoms with Crippen LogP contribution in [-0.2, 0) is 4.74 Å². The van der Waals surface area contributed by atoms with Crippen LogP contribution in [0.15, 0.2) is 42.6 Å². The molecule has 0 aliphatic carbocycles. The Balaban J connectivity index is 1.82. The zero-order chi connectivity index (χ0) is 15.7. The van der Waals surface area contributed by atoms with Crippen molar-refractivity contribution in [2.45, 2.75) is 32.8 Å². The lowest BCUT2D eigenvalue weighted by atomic mass is 10.0. The highest BCUT2D eigenvalue weighted by Gasteiger charge is 2.33. The van der Waals surface area contributed by atoms with Crippen molar-refractivity contribution in [2.75, 3.05) is 11.4 Å². The smallest absolute Gasteiger partial charge is 0.416 e. The molecule has 0 bridgehead atoms. The zero-order valence-electron chi connectivity index (χ0n) is 13.2. The Morgan fingerprint density at radius 1 is 1.18 bits per heavy atom. The number of rotatable bonds is 2. The van der Waals surface area contributed by atoms with E-state index in [2.05, 4.69) is 30.1 Å². The molecule has 4 nitrogen and oxygen atoms in total. The van der Waals surface area contributed by atoms with Gasteiger partial charge in [-0.2, -0.15) is 0 Å². The minimum atomic E-state index is -0.394. The molecule has 4 heteroatoms. The third kappa shape index (κ3) is 2.96. The number of anilines is 1. The van der Waals surface area contributed by atoms with Gasteiger partial charge in [-0.25, -0.2) is 9.78 Å². The summed E-state index contributed by atoms with van der Waals surface area (Å²) >= 11 is 0. The summed E-state index contributed by atoms with van der Waals surface area (Å²) in [6.07, 6.45) is 2.27. The maximum absolute atomic E-state index is 12.1. The average molecular weight is 296 g/mol. The summed E-state index contributed by atoms with van der Waals surface area (Å²) in [5, 5.41) is 0. The second kappa shape index (κ2) is 5.44. The first-order valence-corrected chi connectivity index (χ1v) is 7.48. The van der Waals surface area contributed by atoms with Crippen LogP contribution in [0.4, 0.5) is 10.6 Å². The molecule has 1 aliphatic rings. The minimum absolute atomic E-state index is 0.327. The maximum atomic E-state index is 12.1. The van der Waals surface area contributed by atoms with Gasteiger partial charge < -0.3 is 4.74 Å². The Morgan fingerprint density at radius 3 is 2.64 bits per heavy atom. The van der Waals surface area contributed by atoms with Crippen molar-refractivity contribution in [3.8, 4) is 11.1 Å². The molecule has 2 heterocycles. The molecule has 1 aliphatic heterocycles. The molecule has 3 rings (SSSR count).